The topological polar surface area (TPSA) is 64.3 Å². The van der Waals surface area contributed by atoms with Crippen LogP contribution >= 0.6 is 0 Å². The third-order valence-corrected chi connectivity index (χ3v) is 2.76. The van der Waals surface area contributed by atoms with Crippen LogP contribution in [0.5, 0.6) is 0 Å². The van der Waals surface area contributed by atoms with Crippen LogP contribution in [0, 0.1) is 0 Å². The Balaban J connectivity index is 2.78. The molecule has 0 aliphatic rings. The van der Waals surface area contributed by atoms with Crippen molar-refractivity contribution >= 4 is 5.91 Å². The number of nitrogens with one attached hydrogen (secondary N) is 1. The van der Waals surface area contributed by atoms with Crippen molar-refractivity contribution in [3.63, 3.8) is 0 Å². The lowest BCUT2D eigenvalue weighted by Gasteiger charge is -2.18. The zero-order valence-corrected chi connectivity index (χ0v) is 11.2. The lowest BCUT2D eigenvalue weighted by atomic mass is 10.0. The Bertz CT molecular complexity index is 463. The normalized spacial score (nSPS) is 14.7. The van der Waals surface area contributed by atoms with Gasteiger partial charge in [-0.1, -0.05) is 12.1 Å². The summed E-state index contributed by atoms with van der Waals surface area (Å²) >= 11 is 0. The largest absolute Gasteiger partial charge is 0.416 e. The molecule has 20 heavy (non-hydrogen) atoms. The number of rotatable bonds is 5. The SMILES string of the molecule is COCC(N)C(=O)NC(C)c1cccc(C(F)(F)F)c1. The number of hydrogen-bond donors (Lipinski definition) is 2. The van der Waals surface area contributed by atoms with Gasteiger partial charge in [-0.2, -0.15) is 13.2 Å². The molecule has 0 aliphatic heterocycles. The summed E-state index contributed by atoms with van der Waals surface area (Å²) < 4.78 is 42.5. The highest BCUT2D eigenvalue weighted by Gasteiger charge is 2.30. The molecule has 3 N–H and O–H groups in total. The van der Waals surface area contributed by atoms with E-state index in [2.05, 4.69) is 5.32 Å². The smallest absolute Gasteiger partial charge is 0.383 e. The van der Waals surface area contributed by atoms with Gasteiger partial charge in [0.2, 0.25) is 5.91 Å². The van der Waals surface area contributed by atoms with Gasteiger partial charge in [-0.25, -0.2) is 0 Å². The second-order valence-corrected chi connectivity index (χ2v) is 4.42. The monoisotopic (exact) mass is 290 g/mol. The van der Waals surface area contributed by atoms with Crippen LogP contribution < -0.4 is 11.1 Å². The van der Waals surface area contributed by atoms with Gasteiger partial charge in [0.25, 0.3) is 0 Å². The number of alkyl halides is 3. The van der Waals surface area contributed by atoms with Crippen LogP contribution in [0.4, 0.5) is 13.2 Å². The Morgan fingerprint density at radius 1 is 1.45 bits per heavy atom. The summed E-state index contributed by atoms with van der Waals surface area (Å²) in [4.78, 5) is 11.7. The first-order valence-corrected chi connectivity index (χ1v) is 5.97. The number of carbonyl (C=O) groups excluding carboxylic acids is 1. The van der Waals surface area contributed by atoms with Crippen LogP contribution in [0.25, 0.3) is 0 Å². The van der Waals surface area contributed by atoms with E-state index in [1.807, 2.05) is 0 Å². The average Bonchev–Trinajstić information content (AvgIpc) is 2.38. The molecule has 1 rings (SSSR count). The first kappa shape index (κ1) is 16.5. The number of ether oxygens (including phenoxy) is 1. The Morgan fingerprint density at radius 3 is 2.65 bits per heavy atom. The molecule has 0 saturated carbocycles. The molecule has 0 bridgehead atoms. The number of nitrogens with two attached hydrogens (primary N) is 1. The van der Waals surface area contributed by atoms with Crippen LogP contribution in [0.15, 0.2) is 24.3 Å². The summed E-state index contributed by atoms with van der Waals surface area (Å²) in [6.07, 6.45) is -4.41. The maximum absolute atomic E-state index is 12.6. The lowest BCUT2D eigenvalue weighted by molar-refractivity contribution is -0.137. The van der Waals surface area contributed by atoms with E-state index in [9.17, 15) is 18.0 Å². The molecule has 0 aliphatic carbocycles. The minimum atomic E-state index is -4.41. The quantitative estimate of drug-likeness (QED) is 0.870. The first-order chi connectivity index (χ1) is 9.25. The molecule has 1 aromatic rings. The van der Waals surface area contributed by atoms with Crippen LogP contribution in [-0.4, -0.2) is 25.7 Å². The second-order valence-electron chi connectivity index (χ2n) is 4.42. The van der Waals surface area contributed by atoms with Crippen molar-refractivity contribution in [2.75, 3.05) is 13.7 Å². The van der Waals surface area contributed by atoms with Gasteiger partial charge >= 0.3 is 6.18 Å². The fraction of sp³-hybridized carbons (Fsp3) is 0.462. The Kier molecular flexibility index (Phi) is 5.52. The van der Waals surface area contributed by atoms with E-state index in [-0.39, 0.29) is 6.61 Å². The van der Waals surface area contributed by atoms with E-state index in [0.29, 0.717) is 5.56 Å². The molecule has 4 nitrogen and oxygen atoms in total. The summed E-state index contributed by atoms with van der Waals surface area (Å²) in [6.45, 7) is 1.63. The summed E-state index contributed by atoms with van der Waals surface area (Å²) in [5, 5.41) is 2.55. The number of hydrogen-bond acceptors (Lipinski definition) is 3. The van der Waals surface area contributed by atoms with Crippen molar-refractivity contribution in [1.29, 1.82) is 0 Å². The molecule has 0 saturated heterocycles. The molecule has 7 heteroatoms. The maximum Gasteiger partial charge on any atom is 0.416 e. The maximum atomic E-state index is 12.6. The van der Waals surface area contributed by atoms with Crippen molar-refractivity contribution in [2.45, 2.75) is 25.2 Å². The lowest BCUT2D eigenvalue weighted by Crippen LogP contribution is -2.44. The van der Waals surface area contributed by atoms with Crippen molar-refractivity contribution in [3.8, 4) is 0 Å². The molecule has 1 amide bonds. The van der Waals surface area contributed by atoms with Gasteiger partial charge in [-0.15, -0.1) is 0 Å². The molecule has 2 unspecified atom stereocenters. The molecule has 0 spiro atoms. The fourth-order valence-corrected chi connectivity index (χ4v) is 1.64. The standard InChI is InChI=1S/C13H17F3N2O2/c1-8(18-12(19)11(17)7-20-2)9-4-3-5-10(6-9)13(14,15)16/h3-6,8,11H,7,17H2,1-2H3,(H,18,19). The Labute approximate surface area is 115 Å². The molecule has 0 aromatic heterocycles. The molecule has 0 heterocycles. The summed E-state index contributed by atoms with van der Waals surface area (Å²) in [6, 6.07) is 3.38. The van der Waals surface area contributed by atoms with Crippen molar-refractivity contribution in [2.24, 2.45) is 5.73 Å². The predicted octanol–water partition coefficient (Wildman–Crippen LogP) is 1.86. The third kappa shape index (κ3) is 4.50. The molecular formula is C13H17F3N2O2. The van der Waals surface area contributed by atoms with E-state index >= 15 is 0 Å². The second kappa shape index (κ2) is 6.71. The summed E-state index contributed by atoms with van der Waals surface area (Å²) in [5.41, 5.74) is 5.14. The third-order valence-electron chi connectivity index (χ3n) is 2.76. The van der Waals surface area contributed by atoms with Crippen LogP contribution in [0.1, 0.15) is 24.1 Å². The number of carbonyl (C=O) groups is 1. The minimum Gasteiger partial charge on any atom is -0.383 e. The van der Waals surface area contributed by atoms with Crippen LogP contribution in [-0.2, 0) is 15.7 Å². The van der Waals surface area contributed by atoms with Gasteiger partial charge in [0.05, 0.1) is 18.2 Å². The van der Waals surface area contributed by atoms with Gasteiger partial charge in [0.15, 0.2) is 0 Å². The molecule has 1 aromatic carbocycles. The zero-order valence-electron chi connectivity index (χ0n) is 11.2. The molecule has 0 fully saturated rings. The van der Waals surface area contributed by atoms with Gasteiger partial charge in [0.1, 0.15) is 6.04 Å². The Morgan fingerprint density at radius 2 is 2.10 bits per heavy atom. The fourth-order valence-electron chi connectivity index (χ4n) is 1.64. The zero-order chi connectivity index (χ0) is 15.3. The van der Waals surface area contributed by atoms with Crippen LogP contribution in [0.2, 0.25) is 0 Å². The molecular weight excluding hydrogens is 273 g/mol. The van der Waals surface area contributed by atoms with Crippen LogP contribution in [0.3, 0.4) is 0 Å². The highest BCUT2D eigenvalue weighted by Crippen LogP contribution is 2.30. The van der Waals surface area contributed by atoms with Gasteiger partial charge in [-0.3, -0.25) is 4.79 Å². The molecule has 0 radical (unpaired) electrons. The van der Waals surface area contributed by atoms with Crippen molar-refractivity contribution in [3.05, 3.63) is 35.4 Å². The summed E-state index contributed by atoms with van der Waals surface area (Å²) in [7, 11) is 1.41. The first-order valence-electron chi connectivity index (χ1n) is 5.97. The van der Waals surface area contributed by atoms with E-state index in [1.54, 1.807) is 6.92 Å². The van der Waals surface area contributed by atoms with Gasteiger partial charge < -0.3 is 15.8 Å². The van der Waals surface area contributed by atoms with E-state index in [1.165, 1.54) is 19.2 Å². The van der Waals surface area contributed by atoms with Crippen molar-refractivity contribution in [1.82, 2.24) is 5.32 Å². The number of halogens is 3. The number of benzene rings is 1. The molecule has 2 atom stereocenters. The van der Waals surface area contributed by atoms with Gasteiger partial charge in [-0.05, 0) is 24.6 Å². The highest BCUT2D eigenvalue weighted by molar-refractivity contribution is 5.82. The number of methoxy groups -OCH3 is 1. The van der Waals surface area contributed by atoms with Crippen molar-refractivity contribution < 1.29 is 22.7 Å². The highest BCUT2D eigenvalue weighted by atomic mass is 19.4. The van der Waals surface area contributed by atoms with Gasteiger partial charge in [0, 0.05) is 7.11 Å². The van der Waals surface area contributed by atoms with E-state index in [0.717, 1.165) is 12.1 Å². The molecule has 112 valence electrons. The summed E-state index contributed by atoms with van der Waals surface area (Å²) in [5.74, 6) is -0.475. The minimum absolute atomic E-state index is 0.0428. The number of amides is 1. The Hall–Kier alpha value is -1.60. The predicted molar refractivity (Wildman–Crippen MR) is 67.9 cm³/mol. The average molecular weight is 290 g/mol. The van der Waals surface area contributed by atoms with E-state index in [4.69, 9.17) is 10.5 Å². The van der Waals surface area contributed by atoms with E-state index < -0.39 is 29.7 Å².